The minimum Gasteiger partial charge on any atom is -0.480 e. The van der Waals surface area contributed by atoms with E-state index in [4.69, 9.17) is 16.7 Å². The fraction of sp³-hybridized carbons (Fsp3) is 0.0556. The Morgan fingerprint density at radius 3 is 2.50 bits per heavy atom. The molecule has 0 fully saturated rings. The van der Waals surface area contributed by atoms with Crippen molar-refractivity contribution in [2.24, 2.45) is 0 Å². The fourth-order valence-corrected chi connectivity index (χ4v) is 2.74. The lowest BCUT2D eigenvalue weighted by atomic mass is 9.99. The number of aliphatic carboxylic acids is 1. The molecule has 3 N–H and O–H groups in total. The van der Waals surface area contributed by atoms with Crippen LogP contribution >= 0.6 is 11.6 Å². The molecule has 0 saturated carbocycles. The van der Waals surface area contributed by atoms with Gasteiger partial charge in [0.05, 0.1) is 5.39 Å². The first kappa shape index (κ1) is 17.5. The molecule has 3 rings (SSSR count). The molecule has 0 aliphatic carbocycles. The van der Waals surface area contributed by atoms with Gasteiger partial charge in [-0.3, -0.25) is 9.59 Å². The molecule has 0 atom stereocenters. The minimum absolute atomic E-state index is 0.138. The number of nitrogens with one attached hydrogen (secondary N) is 1. The second-order valence-corrected chi connectivity index (χ2v) is 5.85. The summed E-state index contributed by atoms with van der Waals surface area (Å²) in [7, 11) is 0. The molecule has 7 nitrogen and oxygen atoms in total. The summed E-state index contributed by atoms with van der Waals surface area (Å²) in [4.78, 5) is 35.0. The number of amides is 1. The summed E-state index contributed by atoms with van der Waals surface area (Å²) in [5, 5.41) is 21.5. The van der Waals surface area contributed by atoms with Crippen LogP contribution in [0.5, 0.6) is 5.95 Å². The third-order valence-electron chi connectivity index (χ3n) is 3.70. The predicted octanol–water partition coefficient (Wildman–Crippen LogP) is 2.63. The second-order valence-electron chi connectivity index (χ2n) is 5.42. The molecule has 26 heavy (non-hydrogen) atoms. The highest BCUT2D eigenvalue weighted by Gasteiger charge is 2.20. The molecule has 0 radical (unpaired) electrons. The number of carbonyl (C=O) groups is 2. The Morgan fingerprint density at radius 1 is 1.08 bits per heavy atom. The smallest absolute Gasteiger partial charge is 0.352 e. The van der Waals surface area contributed by atoms with Crippen molar-refractivity contribution >= 4 is 34.2 Å². The van der Waals surface area contributed by atoms with Crippen LogP contribution in [0.3, 0.4) is 0 Å². The van der Waals surface area contributed by atoms with Gasteiger partial charge in [-0.05, 0) is 35.4 Å². The van der Waals surface area contributed by atoms with Crippen molar-refractivity contribution in [1.82, 2.24) is 5.32 Å². The standard InChI is InChI=1S/C18H12ClNO6/c19-11-3-1-2-9(6-11)10-4-5-12-13(7-10)15(18(25)26-17(12)24)16(23)20-8-14(21)22/h1-7,24H,8H2,(H,20,23)(H,21,22). The predicted molar refractivity (Wildman–Crippen MR) is 94.6 cm³/mol. The second kappa shape index (κ2) is 6.89. The minimum atomic E-state index is -1.26. The number of halogens is 1. The quantitative estimate of drug-likeness (QED) is 0.647. The Balaban J connectivity index is 2.20. The van der Waals surface area contributed by atoms with Gasteiger partial charge in [-0.2, -0.15) is 0 Å². The zero-order valence-electron chi connectivity index (χ0n) is 13.2. The van der Waals surface area contributed by atoms with Crippen LogP contribution in [0.4, 0.5) is 0 Å². The van der Waals surface area contributed by atoms with Gasteiger partial charge in [0.15, 0.2) is 0 Å². The molecular weight excluding hydrogens is 362 g/mol. The molecule has 132 valence electrons. The monoisotopic (exact) mass is 373 g/mol. The average molecular weight is 374 g/mol. The van der Waals surface area contributed by atoms with E-state index >= 15 is 0 Å². The maximum Gasteiger partial charge on any atom is 0.352 e. The number of carbonyl (C=O) groups excluding carboxylic acids is 1. The number of fused-ring (bicyclic) bond motifs is 1. The Hall–Kier alpha value is -3.32. The third-order valence-corrected chi connectivity index (χ3v) is 3.93. The molecule has 0 aliphatic heterocycles. The first-order chi connectivity index (χ1) is 12.4. The summed E-state index contributed by atoms with van der Waals surface area (Å²) in [6, 6.07) is 11.7. The van der Waals surface area contributed by atoms with Gasteiger partial charge < -0.3 is 19.9 Å². The van der Waals surface area contributed by atoms with Gasteiger partial charge in [0.25, 0.3) is 11.9 Å². The van der Waals surface area contributed by atoms with E-state index in [0.717, 1.165) is 5.56 Å². The number of rotatable bonds is 4. The first-order valence-corrected chi connectivity index (χ1v) is 7.80. The number of hydrogen-bond donors (Lipinski definition) is 3. The van der Waals surface area contributed by atoms with Crippen LogP contribution in [0.1, 0.15) is 10.4 Å². The van der Waals surface area contributed by atoms with Crippen LogP contribution in [0.2, 0.25) is 5.02 Å². The first-order valence-electron chi connectivity index (χ1n) is 7.42. The Labute approximate surface area is 151 Å². The molecule has 2 aromatic carbocycles. The molecule has 1 amide bonds. The highest BCUT2D eigenvalue weighted by atomic mass is 35.5. The lowest BCUT2D eigenvalue weighted by molar-refractivity contribution is -0.135. The van der Waals surface area contributed by atoms with Crippen molar-refractivity contribution in [3.8, 4) is 17.1 Å². The molecule has 0 bridgehead atoms. The van der Waals surface area contributed by atoms with Crippen molar-refractivity contribution in [2.45, 2.75) is 0 Å². The number of carboxylic acid groups (broad SMARTS) is 1. The zero-order chi connectivity index (χ0) is 18.8. The lowest BCUT2D eigenvalue weighted by Gasteiger charge is -2.09. The van der Waals surface area contributed by atoms with Crippen LogP contribution in [0.15, 0.2) is 51.7 Å². The Kier molecular flexibility index (Phi) is 4.64. The van der Waals surface area contributed by atoms with Gasteiger partial charge in [-0.1, -0.05) is 29.8 Å². The molecule has 0 unspecified atom stereocenters. The lowest BCUT2D eigenvalue weighted by Crippen LogP contribution is -2.32. The van der Waals surface area contributed by atoms with E-state index in [9.17, 15) is 19.5 Å². The topological polar surface area (TPSA) is 117 Å². The highest BCUT2D eigenvalue weighted by molar-refractivity contribution is 6.30. The molecule has 0 saturated heterocycles. The van der Waals surface area contributed by atoms with Crippen LogP contribution < -0.4 is 10.9 Å². The highest BCUT2D eigenvalue weighted by Crippen LogP contribution is 2.31. The van der Waals surface area contributed by atoms with E-state index in [1.807, 2.05) is 0 Å². The maximum absolute atomic E-state index is 12.3. The van der Waals surface area contributed by atoms with Crippen LogP contribution in [0.25, 0.3) is 21.9 Å². The SMILES string of the molecule is O=C(O)CNC(=O)c1c(=O)oc(O)c2ccc(-c3cccc(Cl)c3)cc12. The van der Waals surface area contributed by atoms with E-state index in [1.54, 1.807) is 30.3 Å². The molecular formula is C18H12ClNO6. The summed E-state index contributed by atoms with van der Waals surface area (Å²) in [6.07, 6.45) is 0. The van der Waals surface area contributed by atoms with Crippen molar-refractivity contribution in [2.75, 3.05) is 6.54 Å². The average Bonchev–Trinajstić information content (AvgIpc) is 2.59. The van der Waals surface area contributed by atoms with E-state index in [1.165, 1.54) is 12.1 Å². The zero-order valence-corrected chi connectivity index (χ0v) is 13.9. The molecule has 1 aromatic heterocycles. The molecule has 0 spiro atoms. The number of carboxylic acids is 1. The normalized spacial score (nSPS) is 10.7. The summed E-state index contributed by atoms with van der Waals surface area (Å²) in [5.41, 5.74) is -0.0645. The summed E-state index contributed by atoms with van der Waals surface area (Å²) in [6.45, 7) is -0.658. The van der Waals surface area contributed by atoms with Gasteiger partial charge in [0.1, 0.15) is 12.1 Å². The summed E-state index contributed by atoms with van der Waals surface area (Å²) < 4.78 is 4.68. The molecule has 1 heterocycles. The number of aromatic hydroxyl groups is 1. The largest absolute Gasteiger partial charge is 0.480 e. The molecule has 8 heteroatoms. The van der Waals surface area contributed by atoms with Crippen molar-refractivity contribution in [3.05, 3.63) is 63.5 Å². The third kappa shape index (κ3) is 3.38. The summed E-state index contributed by atoms with van der Waals surface area (Å²) in [5.74, 6) is -2.79. The van der Waals surface area contributed by atoms with Crippen LogP contribution in [0, 0.1) is 0 Å². The van der Waals surface area contributed by atoms with E-state index in [0.29, 0.717) is 10.6 Å². The number of hydrogen-bond acceptors (Lipinski definition) is 5. The Morgan fingerprint density at radius 2 is 1.81 bits per heavy atom. The van der Waals surface area contributed by atoms with Crippen molar-refractivity contribution < 1.29 is 24.2 Å². The van der Waals surface area contributed by atoms with Gasteiger partial charge in [0.2, 0.25) is 0 Å². The van der Waals surface area contributed by atoms with Crippen molar-refractivity contribution in [3.63, 3.8) is 0 Å². The van der Waals surface area contributed by atoms with Gasteiger partial charge in [-0.15, -0.1) is 0 Å². The van der Waals surface area contributed by atoms with E-state index in [-0.39, 0.29) is 16.3 Å². The Bertz CT molecular complexity index is 1090. The maximum atomic E-state index is 12.3. The summed E-state index contributed by atoms with van der Waals surface area (Å²) >= 11 is 5.99. The fourth-order valence-electron chi connectivity index (χ4n) is 2.55. The van der Waals surface area contributed by atoms with Crippen molar-refractivity contribution in [1.29, 1.82) is 0 Å². The number of benzene rings is 2. The van der Waals surface area contributed by atoms with Gasteiger partial charge in [0, 0.05) is 10.4 Å². The van der Waals surface area contributed by atoms with Crippen LogP contribution in [-0.4, -0.2) is 28.6 Å². The molecule has 0 aliphatic rings. The van der Waals surface area contributed by atoms with E-state index in [2.05, 4.69) is 9.73 Å². The molecule has 3 aromatic rings. The van der Waals surface area contributed by atoms with Gasteiger partial charge in [-0.25, -0.2) is 4.79 Å². The van der Waals surface area contributed by atoms with Crippen LogP contribution in [-0.2, 0) is 4.79 Å². The van der Waals surface area contributed by atoms with Gasteiger partial charge >= 0.3 is 11.6 Å². The van der Waals surface area contributed by atoms with E-state index < -0.39 is 30.0 Å².